The Labute approximate surface area is 181 Å². The normalized spacial score (nSPS) is 11.7. The number of aromatic nitrogens is 2. The molecule has 0 saturated carbocycles. The molecule has 0 fully saturated rings. The van der Waals surface area contributed by atoms with Crippen molar-refractivity contribution >= 4 is 63.8 Å². The second-order valence-corrected chi connectivity index (χ2v) is 7.34. The summed E-state index contributed by atoms with van der Waals surface area (Å²) in [6.45, 7) is -0.361. The van der Waals surface area contributed by atoms with E-state index in [9.17, 15) is 9.90 Å². The monoisotopic (exact) mass is 454 g/mol. The Kier molecular flexibility index (Phi) is 6.71. The van der Waals surface area contributed by atoms with Gasteiger partial charge in [0.15, 0.2) is 5.82 Å². The first kappa shape index (κ1) is 21.1. The summed E-state index contributed by atoms with van der Waals surface area (Å²) in [7, 11) is 0. The van der Waals surface area contributed by atoms with Gasteiger partial charge in [-0.3, -0.25) is 10.4 Å². The van der Waals surface area contributed by atoms with Crippen LogP contribution >= 0.6 is 34.8 Å². The summed E-state index contributed by atoms with van der Waals surface area (Å²) in [4.78, 5) is 12.5. The van der Waals surface area contributed by atoms with Crippen molar-refractivity contribution in [3.8, 4) is 0 Å². The number of urea groups is 1. The molecule has 0 aliphatic carbocycles. The minimum absolute atomic E-state index is 0.167. The van der Waals surface area contributed by atoms with Crippen LogP contribution in [-0.2, 0) is 0 Å². The molecule has 7 N–H and O–H groups in total. The molecule has 0 spiro atoms. The molecule has 2 amide bonds. The molecule has 152 valence electrons. The number of hydrogen-bond acceptors (Lipinski definition) is 5. The predicted octanol–water partition coefficient (Wildman–Crippen LogP) is 4.55. The lowest BCUT2D eigenvalue weighted by Gasteiger charge is -2.18. The zero-order valence-corrected chi connectivity index (χ0v) is 17.1. The minimum atomic E-state index is -0.730. The largest absolute Gasteiger partial charge is 0.394 e. The summed E-state index contributed by atoms with van der Waals surface area (Å²) in [5, 5.41) is 25.8. The third-order valence-corrected chi connectivity index (χ3v) is 4.57. The van der Waals surface area contributed by atoms with Crippen LogP contribution in [0.3, 0.4) is 0 Å². The van der Waals surface area contributed by atoms with E-state index in [4.69, 9.17) is 40.5 Å². The Morgan fingerprint density at radius 1 is 1.14 bits per heavy atom. The van der Waals surface area contributed by atoms with E-state index in [2.05, 4.69) is 26.1 Å². The molecule has 3 rings (SSSR count). The number of aliphatic hydroxyl groups excluding tert-OH is 1. The van der Waals surface area contributed by atoms with E-state index in [1.165, 1.54) is 0 Å². The molecule has 1 heterocycles. The van der Waals surface area contributed by atoms with Gasteiger partial charge in [0.05, 0.1) is 12.6 Å². The van der Waals surface area contributed by atoms with Crippen molar-refractivity contribution < 1.29 is 9.90 Å². The highest BCUT2D eigenvalue weighted by Gasteiger charge is 2.18. The maximum Gasteiger partial charge on any atom is 0.321 e. The van der Waals surface area contributed by atoms with Crippen LogP contribution in [0.4, 0.5) is 27.8 Å². The molecule has 8 nitrogen and oxygen atoms in total. The van der Waals surface area contributed by atoms with Crippen LogP contribution in [0, 0.1) is 0 Å². The van der Waals surface area contributed by atoms with Crippen LogP contribution in [0.2, 0.25) is 15.1 Å². The van der Waals surface area contributed by atoms with Gasteiger partial charge in [0.2, 0.25) is 0 Å². The molecule has 0 radical (unpaired) electrons. The number of nitrogens with two attached hydrogens (primary N) is 1. The van der Waals surface area contributed by atoms with Crippen LogP contribution in [-0.4, -0.2) is 27.9 Å². The number of aliphatic hydroxyl groups is 1. The summed E-state index contributed by atoms with van der Waals surface area (Å²) in [5.41, 5.74) is 7.49. The minimum Gasteiger partial charge on any atom is -0.394 e. The maximum atomic E-state index is 12.5. The van der Waals surface area contributed by atoms with Gasteiger partial charge in [0.1, 0.15) is 11.5 Å². The third-order valence-electron chi connectivity index (χ3n) is 3.90. The van der Waals surface area contributed by atoms with Crippen molar-refractivity contribution in [3.05, 3.63) is 63.1 Å². The lowest BCUT2D eigenvalue weighted by atomic mass is 10.1. The summed E-state index contributed by atoms with van der Waals surface area (Å²) in [5.74, 6) is 0.390. The van der Waals surface area contributed by atoms with Crippen molar-refractivity contribution in [2.75, 3.05) is 23.0 Å². The van der Waals surface area contributed by atoms with Gasteiger partial charge < -0.3 is 21.5 Å². The van der Waals surface area contributed by atoms with Crippen LogP contribution in [0.1, 0.15) is 11.6 Å². The van der Waals surface area contributed by atoms with Crippen molar-refractivity contribution in [1.29, 1.82) is 0 Å². The molecule has 3 aromatic rings. The number of hydrogen-bond donors (Lipinski definition) is 6. The number of halogens is 3. The molecular weight excluding hydrogens is 439 g/mol. The molecule has 0 saturated heterocycles. The van der Waals surface area contributed by atoms with Crippen molar-refractivity contribution in [3.63, 3.8) is 0 Å². The number of anilines is 4. The molecule has 2 aromatic carbocycles. The SMILES string of the molecule is Nc1[nH]nc(NC(=O)NC(CO)c2cc(Cl)cc(Cl)c2)c1Nc1cccc(Cl)c1. The lowest BCUT2D eigenvalue weighted by Crippen LogP contribution is -2.34. The number of carbonyl (C=O) groups is 1. The fourth-order valence-electron chi connectivity index (χ4n) is 2.60. The fourth-order valence-corrected chi connectivity index (χ4v) is 3.33. The fraction of sp³-hybridized carbons (Fsp3) is 0.111. The molecule has 29 heavy (non-hydrogen) atoms. The molecule has 0 bridgehead atoms. The number of H-pyrrole nitrogens is 1. The predicted molar refractivity (Wildman–Crippen MR) is 116 cm³/mol. The van der Waals surface area contributed by atoms with E-state index in [-0.39, 0.29) is 18.2 Å². The quantitative estimate of drug-likeness (QED) is 0.325. The van der Waals surface area contributed by atoms with Crippen molar-refractivity contribution in [2.24, 2.45) is 0 Å². The first-order chi connectivity index (χ1) is 13.9. The highest BCUT2D eigenvalue weighted by atomic mass is 35.5. The molecule has 0 aliphatic rings. The summed E-state index contributed by atoms with van der Waals surface area (Å²) < 4.78 is 0. The van der Waals surface area contributed by atoms with Crippen LogP contribution in [0.15, 0.2) is 42.5 Å². The van der Waals surface area contributed by atoms with Crippen LogP contribution in [0.5, 0.6) is 0 Å². The number of nitrogens with zero attached hydrogens (tertiary/aromatic N) is 1. The van der Waals surface area contributed by atoms with Crippen molar-refractivity contribution in [2.45, 2.75) is 6.04 Å². The molecule has 1 unspecified atom stereocenters. The zero-order valence-electron chi connectivity index (χ0n) is 14.8. The number of nitrogens with one attached hydrogen (secondary N) is 4. The van der Waals surface area contributed by atoms with E-state index in [0.29, 0.717) is 32.0 Å². The second kappa shape index (κ2) is 9.23. The zero-order chi connectivity index (χ0) is 21.0. The number of amides is 2. The Bertz CT molecular complexity index is 1010. The summed E-state index contributed by atoms with van der Waals surface area (Å²) >= 11 is 18.0. The Balaban J connectivity index is 1.73. The third kappa shape index (κ3) is 5.45. The van der Waals surface area contributed by atoms with Gasteiger partial charge >= 0.3 is 6.03 Å². The number of nitrogen functional groups attached to an aromatic ring is 1. The van der Waals surface area contributed by atoms with E-state index >= 15 is 0 Å². The number of benzene rings is 2. The molecule has 0 aliphatic heterocycles. The van der Waals surface area contributed by atoms with Gasteiger partial charge in [-0.25, -0.2) is 4.79 Å². The van der Waals surface area contributed by atoms with E-state index in [1.807, 2.05) is 0 Å². The average Bonchev–Trinajstić information content (AvgIpc) is 2.98. The molecule has 1 aromatic heterocycles. The smallest absolute Gasteiger partial charge is 0.321 e. The summed E-state index contributed by atoms with van der Waals surface area (Å²) in [6, 6.07) is 10.4. The highest BCUT2D eigenvalue weighted by molar-refractivity contribution is 6.34. The Morgan fingerprint density at radius 2 is 1.86 bits per heavy atom. The first-order valence-corrected chi connectivity index (χ1v) is 9.50. The van der Waals surface area contributed by atoms with E-state index in [1.54, 1.807) is 42.5 Å². The number of rotatable bonds is 6. The Hall–Kier alpha value is -2.65. The van der Waals surface area contributed by atoms with Gasteiger partial charge in [-0.2, -0.15) is 5.10 Å². The lowest BCUT2D eigenvalue weighted by molar-refractivity contribution is 0.225. The molecule has 11 heteroatoms. The van der Waals surface area contributed by atoms with Gasteiger partial charge in [0.25, 0.3) is 0 Å². The van der Waals surface area contributed by atoms with Gasteiger partial charge in [0, 0.05) is 20.8 Å². The number of aromatic amines is 1. The maximum absolute atomic E-state index is 12.5. The van der Waals surface area contributed by atoms with Gasteiger partial charge in [-0.15, -0.1) is 0 Å². The van der Waals surface area contributed by atoms with Crippen molar-refractivity contribution in [1.82, 2.24) is 15.5 Å². The average molecular weight is 456 g/mol. The van der Waals surface area contributed by atoms with E-state index in [0.717, 1.165) is 0 Å². The highest BCUT2D eigenvalue weighted by Crippen LogP contribution is 2.30. The van der Waals surface area contributed by atoms with Crippen LogP contribution < -0.4 is 21.7 Å². The molecule has 1 atom stereocenters. The summed E-state index contributed by atoms with van der Waals surface area (Å²) in [6.07, 6.45) is 0. The Morgan fingerprint density at radius 3 is 2.52 bits per heavy atom. The second-order valence-electron chi connectivity index (χ2n) is 6.03. The molecular formula is C18H17Cl3N6O2. The van der Waals surface area contributed by atoms with Gasteiger partial charge in [-0.05, 0) is 42.0 Å². The van der Waals surface area contributed by atoms with E-state index < -0.39 is 12.1 Å². The number of carbonyl (C=O) groups excluding carboxylic acids is 1. The topological polar surface area (TPSA) is 128 Å². The van der Waals surface area contributed by atoms with Crippen LogP contribution in [0.25, 0.3) is 0 Å². The van der Waals surface area contributed by atoms with Gasteiger partial charge in [-0.1, -0.05) is 40.9 Å². The standard InChI is InChI=1S/C18H17Cl3N6O2/c19-10-2-1-3-13(7-10)23-15-16(22)26-27-17(15)25-18(29)24-14(8-28)9-4-11(20)6-12(21)5-9/h1-7,14,23,28H,8H2,(H5,22,24,25,26,27,29). The first-order valence-electron chi connectivity index (χ1n) is 8.36.